The summed E-state index contributed by atoms with van der Waals surface area (Å²) in [4.78, 5) is 35.2. The molecule has 0 fully saturated rings. The molecule has 0 aromatic heterocycles. The molecule has 1 aromatic carbocycles. The summed E-state index contributed by atoms with van der Waals surface area (Å²) in [6.45, 7) is 7.69. The summed E-state index contributed by atoms with van der Waals surface area (Å²) in [5.74, 6) is -0.331. The van der Waals surface area contributed by atoms with Crippen LogP contribution >= 0.6 is 0 Å². The Kier molecular flexibility index (Phi) is 7.42. The van der Waals surface area contributed by atoms with Gasteiger partial charge in [-0.05, 0) is 24.6 Å². The van der Waals surface area contributed by atoms with Crippen LogP contribution < -0.4 is 16.0 Å². The van der Waals surface area contributed by atoms with Crippen LogP contribution in [0.2, 0.25) is 0 Å². The average molecular weight is 333 g/mol. The quantitative estimate of drug-likeness (QED) is 0.717. The van der Waals surface area contributed by atoms with Crippen molar-refractivity contribution in [2.45, 2.75) is 47.0 Å². The standard InChI is InChI=1S/C18H27N3O3/c1-5-7-15(22)20-13-8-6-9-14(12-13)21-16(23)10-11-19-17(24)18(2,3)4/h6,8-9,12H,5,7,10-11H2,1-4H3,(H,19,24)(H,20,22)(H,21,23). The predicted octanol–water partition coefficient (Wildman–Crippen LogP) is 2.92. The van der Waals surface area contributed by atoms with Gasteiger partial charge in [0.15, 0.2) is 0 Å². The monoisotopic (exact) mass is 333 g/mol. The number of hydrogen-bond donors (Lipinski definition) is 3. The lowest BCUT2D eigenvalue weighted by atomic mass is 9.96. The first kappa shape index (κ1) is 19.7. The molecule has 1 rings (SSSR count). The number of rotatable bonds is 7. The van der Waals surface area contributed by atoms with E-state index in [1.807, 2.05) is 27.7 Å². The van der Waals surface area contributed by atoms with Gasteiger partial charge >= 0.3 is 0 Å². The van der Waals surface area contributed by atoms with E-state index < -0.39 is 5.41 Å². The molecular formula is C18H27N3O3. The highest BCUT2D eigenvalue weighted by Gasteiger charge is 2.20. The van der Waals surface area contributed by atoms with E-state index in [4.69, 9.17) is 0 Å². The van der Waals surface area contributed by atoms with Gasteiger partial charge in [-0.15, -0.1) is 0 Å². The van der Waals surface area contributed by atoms with Crippen LogP contribution in [0.3, 0.4) is 0 Å². The SMILES string of the molecule is CCCC(=O)Nc1cccc(NC(=O)CCNC(=O)C(C)(C)C)c1. The molecule has 24 heavy (non-hydrogen) atoms. The number of carbonyl (C=O) groups excluding carboxylic acids is 3. The van der Waals surface area contributed by atoms with Crippen LogP contribution in [0.25, 0.3) is 0 Å². The van der Waals surface area contributed by atoms with Gasteiger partial charge in [0.25, 0.3) is 0 Å². The van der Waals surface area contributed by atoms with E-state index in [-0.39, 0.29) is 30.7 Å². The maximum absolute atomic E-state index is 11.9. The molecule has 6 heteroatoms. The molecule has 0 saturated carbocycles. The molecule has 3 N–H and O–H groups in total. The molecule has 0 saturated heterocycles. The Bertz CT molecular complexity index is 591. The minimum Gasteiger partial charge on any atom is -0.355 e. The van der Waals surface area contributed by atoms with E-state index >= 15 is 0 Å². The van der Waals surface area contributed by atoms with Gasteiger partial charge in [-0.2, -0.15) is 0 Å². The molecule has 0 heterocycles. The van der Waals surface area contributed by atoms with Gasteiger partial charge in [0.1, 0.15) is 0 Å². The third kappa shape index (κ3) is 7.26. The normalized spacial score (nSPS) is 10.8. The molecule has 0 aliphatic rings. The van der Waals surface area contributed by atoms with Crippen molar-refractivity contribution in [1.82, 2.24) is 5.32 Å². The number of anilines is 2. The summed E-state index contributed by atoms with van der Waals surface area (Å²) in [7, 11) is 0. The minimum absolute atomic E-state index is 0.0501. The lowest BCUT2D eigenvalue weighted by Gasteiger charge is -2.17. The molecule has 3 amide bonds. The fourth-order valence-electron chi connectivity index (χ4n) is 1.90. The second-order valence-electron chi connectivity index (χ2n) is 6.68. The van der Waals surface area contributed by atoms with Crippen molar-refractivity contribution >= 4 is 29.1 Å². The maximum atomic E-state index is 11.9. The molecular weight excluding hydrogens is 306 g/mol. The summed E-state index contributed by atoms with van der Waals surface area (Å²) in [5, 5.41) is 8.28. The van der Waals surface area contributed by atoms with Crippen LogP contribution in [-0.2, 0) is 14.4 Å². The molecule has 0 bridgehead atoms. The second-order valence-corrected chi connectivity index (χ2v) is 6.68. The Morgan fingerprint density at radius 1 is 0.958 bits per heavy atom. The van der Waals surface area contributed by atoms with E-state index in [0.717, 1.165) is 6.42 Å². The van der Waals surface area contributed by atoms with Gasteiger partial charge in [0.05, 0.1) is 0 Å². The van der Waals surface area contributed by atoms with Gasteiger partial charge in [0, 0.05) is 36.2 Å². The molecule has 132 valence electrons. The van der Waals surface area contributed by atoms with Crippen molar-refractivity contribution in [3.63, 3.8) is 0 Å². The third-order valence-corrected chi connectivity index (χ3v) is 3.23. The summed E-state index contributed by atoms with van der Waals surface area (Å²) in [6, 6.07) is 6.99. The maximum Gasteiger partial charge on any atom is 0.226 e. The van der Waals surface area contributed by atoms with Crippen LogP contribution in [0, 0.1) is 5.41 Å². The highest BCUT2D eigenvalue weighted by molar-refractivity contribution is 5.94. The van der Waals surface area contributed by atoms with Crippen molar-refractivity contribution in [3.8, 4) is 0 Å². The zero-order chi connectivity index (χ0) is 18.2. The first-order valence-electron chi connectivity index (χ1n) is 8.20. The average Bonchev–Trinajstić information content (AvgIpc) is 2.46. The van der Waals surface area contributed by atoms with Crippen molar-refractivity contribution < 1.29 is 14.4 Å². The highest BCUT2D eigenvalue weighted by Crippen LogP contribution is 2.16. The van der Waals surface area contributed by atoms with Crippen molar-refractivity contribution in [3.05, 3.63) is 24.3 Å². The van der Waals surface area contributed by atoms with Crippen molar-refractivity contribution in [2.75, 3.05) is 17.2 Å². The number of hydrogen-bond acceptors (Lipinski definition) is 3. The number of benzene rings is 1. The Balaban J connectivity index is 2.47. The van der Waals surface area contributed by atoms with Gasteiger partial charge in [-0.1, -0.05) is 33.8 Å². The van der Waals surface area contributed by atoms with E-state index in [0.29, 0.717) is 17.8 Å². The van der Waals surface area contributed by atoms with E-state index in [1.54, 1.807) is 24.3 Å². The summed E-state index contributed by atoms with van der Waals surface area (Å²) < 4.78 is 0. The lowest BCUT2D eigenvalue weighted by molar-refractivity contribution is -0.128. The van der Waals surface area contributed by atoms with E-state index in [2.05, 4.69) is 16.0 Å². The predicted molar refractivity (Wildman–Crippen MR) is 95.7 cm³/mol. The molecule has 0 unspecified atom stereocenters. The number of carbonyl (C=O) groups is 3. The Hall–Kier alpha value is -2.37. The minimum atomic E-state index is -0.471. The van der Waals surface area contributed by atoms with Crippen LogP contribution in [0.5, 0.6) is 0 Å². The first-order chi connectivity index (χ1) is 11.2. The third-order valence-electron chi connectivity index (χ3n) is 3.23. The number of amides is 3. The molecule has 0 radical (unpaired) electrons. The van der Waals surface area contributed by atoms with Gasteiger partial charge in [-0.25, -0.2) is 0 Å². The van der Waals surface area contributed by atoms with Crippen molar-refractivity contribution in [2.24, 2.45) is 5.41 Å². The largest absolute Gasteiger partial charge is 0.355 e. The van der Waals surface area contributed by atoms with E-state index in [1.165, 1.54) is 0 Å². The first-order valence-corrected chi connectivity index (χ1v) is 8.20. The molecule has 6 nitrogen and oxygen atoms in total. The Morgan fingerprint density at radius 3 is 2.00 bits per heavy atom. The fraction of sp³-hybridized carbons (Fsp3) is 0.500. The second kappa shape index (κ2) is 9.05. The molecule has 0 atom stereocenters. The van der Waals surface area contributed by atoms with Gasteiger partial charge < -0.3 is 16.0 Å². The topological polar surface area (TPSA) is 87.3 Å². The fourth-order valence-corrected chi connectivity index (χ4v) is 1.90. The molecule has 0 spiro atoms. The molecule has 0 aliphatic carbocycles. The zero-order valence-electron chi connectivity index (χ0n) is 14.9. The van der Waals surface area contributed by atoms with Gasteiger partial charge in [0.2, 0.25) is 17.7 Å². The van der Waals surface area contributed by atoms with Crippen LogP contribution in [0.4, 0.5) is 11.4 Å². The smallest absolute Gasteiger partial charge is 0.226 e. The van der Waals surface area contributed by atoms with Gasteiger partial charge in [-0.3, -0.25) is 14.4 Å². The molecule has 1 aromatic rings. The summed E-state index contributed by atoms with van der Waals surface area (Å²) >= 11 is 0. The zero-order valence-corrected chi connectivity index (χ0v) is 14.9. The highest BCUT2D eigenvalue weighted by atomic mass is 16.2. The molecule has 0 aliphatic heterocycles. The summed E-state index contributed by atoms with van der Waals surface area (Å²) in [5.41, 5.74) is 0.783. The lowest BCUT2D eigenvalue weighted by Crippen LogP contribution is -2.36. The van der Waals surface area contributed by atoms with Crippen LogP contribution in [0.15, 0.2) is 24.3 Å². The Labute approximate surface area is 143 Å². The van der Waals surface area contributed by atoms with E-state index in [9.17, 15) is 14.4 Å². The Morgan fingerprint density at radius 2 is 1.50 bits per heavy atom. The van der Waals surface area contributed by atoms with Crippen molar-refractivity contribution in [1.29, 1.82) is 0 Å². The number of nitrogens with one attached hydrogen (secondary N) is 3. The van der Waals surface area contributed by atoms with Crippen LogP contribution in [0.1, 0.15) is 47.0 Å². The van der Waals surface area contributed by atoms with Crippen LogP contribution in [-0.4, -0.2) is 24.3 Å². The summed E-state index contributed by atoms with van der Waals surface area (Å²) in [6.07, 6.45) is 1.43.